The summed E-state index contributed by atoms with van der Waals surface area (Å²) in [6, 6.07) is 5.89. The molecule has 0 aliphatic carbocycles. The van der Waals surface area contributed by atoms with Gasteiger partial charge in [0.05, 0.1) is 5.54 Å². The Morgan fingerprint density at radius 3 is 2.43 bits per heavy atom. The maximum atomic E-state index is 11.9. The second-order valence-corrected chi connectivity index (χ2v) is 8.60. The lowest BCUT2D eigenvalue weighted by Crippen LogP contribution is -2.51. The lowest BCUT2D eigenvalue weighted by Gasteiger charge is -2.30. The fourth-order valence-electron chi connectivity index (χ4n) is 1.99. The Morgan fingerprint density at radius 2 is 1.91 bits per heavy atom. The zero-order chi connectivity index (χ0) is 17.8. The Hall–Kier alpha value is -0.780. The molecule has 0 aliphatic heterocycles. The predicted octanol–water partition coefficient (Wildman–Crippen LogP) is 5.06. The molecule has 1 aromatic carbocycles. The van der Waals surface area contributed by atoms with Crippen molar-refractivity contribution < 1.29 is 9.53 Å². The van der Waals surface area contributed by atoms with Crippen molar-refractivity contribution >= 4 is 33.6 Å². The maximum absolute atomic E-state index is 11.9. The maximum Gasteiger partial charge on any atom is 0.408 e. The van der Waals surface area contributed by atoms with Gasteiger partial charge < -0.3 is 15.4 Å². The summed E-state index contributed by atoms with van der Waals surface area (Å²) in [4.78, 5) is 11.9. The number of rotatable bonds is 5. The van der Waals surface area contributed by atoms with Crippen LogP contribution in [0.25, 0.3) is 0 Å². The Morgan fingerprint density at radius 1 is 1.30 bits per heavy atom. The van der Waals surface area contributed by atoms with E-state index >= 15 is 0 Å². The molecule has 6 heteroatoms. The van der Waals surface area contributed by atoms with Gasteiger partial charge in [-0.05, 0) is 59.2 Å². The van der Waals surface area contributed by atoms with Crippen molar-refractivity contribution in [3.05, 3.63) is 33.3 Å². The summed E-state index contributed by atoms with van der Waals surface area (Å²) in [6.45, 7) is 12.0. The standard InChI is InChI=1S/C17H26BrClN2O2/c1-11(13-8-7-12(18)9-14(13)19)20-10-17(5,6)21-15(22)23-16(2,3)4/h7-9,11,20H,10H2,1-6H3,(H,21,22). The molecule has 0 heterocycles. The summed E-state index contributed by atoms with van der Waals surface area (Å²) in [6.07, 6.45) is -0.418. The Kier molecular flexibility index (Phi) is 6.93. The molecular formula is C17H26BrClN2O2. The number of nitrogens with one attached hydrogen (secondary N) is 2. The highest BCUT2D eigenvalue weighted by atomic mass is 79.9. The molecule has 23 heavy (non-hydrogen) atoms. The molecule has 0 radical (unpaired) electrons. The van der Waals surface area contributed by atoms with Gasteiger partial charge in [0.2, 0.25) is 0 Å². The van der Waals surface area contributed by atoms with E-state index in [0.29, 0.717) is 11.6 Å². The zero-order valence-electron chi connectivity index (χ0n) is 14.6. The van der Waals surface area contributed by atoms with Gasteiger partial charge in [0.1, 0.15) is 5.60 Å². The number of carbonyl (C=O) groups is 1. The molecule has 2 N–H and O–H groups in total. The van der Waals surface area contributed by atoms with Gasteiger partial charge in [-0.15, -0.1) is 0 Å². The topological polar surface area (TPSA) is 50.4 Å². The molecule has 0 fully saturated rings. The lowest BCUT2D eigenvalue weighted by molar-refractivity contribution is 0.0471. The number of hydrogen-bond acceptors (Lipinski definition) is 3. The van der Waals surface area contributed by atoms with Crippen molar-refractivity contribution in [1.82, 2.24) is 10.6 Å². The van der Waals surface area contributed by atoms with Crippen LogP contribution in [0.15, 0.2) is 22.7 Å². The number of alkyl carbamates (subject to hydrolysis) is 1. The first-order chi connectivity index (χ1) is 10.4. The van der Waals surface area contributed by atoms with E-state index in [2.05, 4.69) is 26.6 Å². The van der Waals surface area contributed by atoms with Crippen molar-refractivity contribution in [2.75, 3.05) is 6.54 Å². The summed E-state index contributed by atoms with van der Waals surface area (Å²) < 4.78 is 6.24. The minimum Gasteiger partial charge on any atom is -0.444 e. The molecule has 0 bridgehead atoms. The van der Waals surface area contributed by atoms with Gasteiger partial charge in [-0.3, -0.25) is 0 Å². The van der Waals surface area contributed by atoms with Gasteiger partial charge in [0, 0.05) is 22.1 Å². The fraction of sp³-hybridized carbons (Fsp3) is 0.588. The number of hydrogen-bond donors (Lipinski definition) is 2. The first-order valence-corrected chi connectivity index (χ1v) is 8.76. The summed E-state index contributed by atoms with van der Waals surface area (Å²) >= 11 is 9.67. The lowest BCUT2D eigenvalue weighted by atomic mass is 10.0. The van der Waals surface area contributed by atoms with Gasteiger partial charge in [0.15, 0.2) is 0 Å². The summed E-state index contributed by atoms with van der Waals surface area (Å²) in [5.74, 6) is 0. The van der Waals surface area contributed by atoms with Gasteiger partial charge >= 0.3 is 6.09 Å². The second-order valence-electron chi connectivity index (χ2n) is 7.28. The quantitative estimate of drug-likeness (QED) is 0.720. The fourth-order valence-corrected chi connectivity index (χ4v) is 2.83. The molecule has 0 saturated heterocycles. The van der Waals surface area contributed by atoms with E-state index in [4.69, 9.17) is 16.3 Å². The van der Waals surface area contributed by atoms with E-state index in [-0.39, 0.29) is 6.04 Å². The monoisotopic (exact) mass is 404 g/mol. The van der Waals surface area contributed by atoms with Crippen molar-refractivity contribution in [3.63, 3.8) is 0 Å². The van der Waals surface area contributed by atoms with E-state index in [9.17, 15) is 4.79 Å². The molecule has 1 unspecified atom stereocenters. The predicted molar refractivity (Wildman–Crippen MR) is 99.0 cm³/mol. The van der Waals surface area contributed by atoms with Crippen LogP contribution in [0, 0.1) is 0 Å². The number of amides is 1. The van der Waals surface area contributed by atoms with Crippen LogP contribution in [0.1, 0.15) is 53.1 Å². The normalized spacial score (nSPS) is 13.6. The molecule has 0 saturated carbocycles. The molecule has 0 aliphatic rings. The van der Waals surface area contributed by atoms with Crippen LogP contribution in [-0.2, 0) is 4.74 Å². The molecule has 1 amide bonds. The third kappa shape index (κ3) is 7.55. The third-order valence-electron chi connectivity index (χ3n) is 3.12. The van der Waals surface area contributed by atoms with Crippen molar-refractivity contribution in [2.24, 2.45) is 0 Å². The van der Waals surface area contributed by atoms with E-state index < -0.39 is 17.2 Å². The molecular weight excluding hydrogens is 380 g/mol. The van der Waals surface area contributed by atoms with Gasteiger partial charge in [-0.25, -0.2) is 4.79 Å². The Balaban J connectivity index is 2.59. The van der Waals surface area contributed by atoms with Crippen LogP contribution < -0.4 is 10.6 Å². The van der Waals surface area contributed by atoms with Gasteiger partial charge in [0.25, 0.3) is 0 Å². The summed E-state index contributed by atoms with van der Waals surface area (Å²) in [5, 5.41) is 6.98. The van der Waals surface area contributed by atoms with Crippen LogP contribution in [0.3, 0.4) is 0 Å². The number of halogens is 2. The molecule has 0 spiro atoms. The first kappa shape index (κ1) is 20.3. The molecule has 130 valence electrons. The van der Waals surface area contributed by atoms with Crippen LogP contribution in [0.2, 0.25) is 5.02 Å². The highest BCUT2D eigenvalue weighted by Gasteiger charge is 2.25. The minimum atomic E-state index is -0.508. The minimum absolute atomic E-state index is 0.0651. The largest absolute Gasteiger partial charge is 0.444 e. The van der Waals surface area contributed by atoms with E-state index in [1.165, 1.54) is 0 Å². The van der Waals surface area contributed by atoms with Crippen LogP contribution in [0.5, 0.6) is 0 Å². The van der Waals surface area contributed by atoms with Crippen molar-refractivity contribution in [1.29, 1.82) is 0 Å². The SMILES string of the molecule is CC(NCC(C)(C)NC(=O)OC(C)(C)C)c1ccc(Br)cc1Cl. The van der Waals surface area contributed by atoms with Crippen molar-refractivity contribution in [2.45, 2.75) is 58.7 Å². The smallest absolute Gasteiger partial charge is 0.408 e. The average Bonchev–Trinajstić information content (AvgIpc) is 2.32. The number of ether oxygens (including phenoxy) is 1. The van der Waals surface area contributed by atoms with E-state index in [1.807, 2.05) is 59.7 Å². The Bertz CT molecular complexity index is 556. The van der Waals surface area contributed by atoms with Crippen LogP contribution in [-0.4, -0.2) is 23.8 Å². The zero-order valence-corrected chi connectivity index (χ0v) is 16.9. The van der Waals surface area contributed by atoms with E-state index in [1.54, 1.807) is 0 Å². The van der Waals surface area contributed by atoms with Crippen LogP contribution in [0.4, 0.5) is 4.79 Å². The first-order valence-electron chi connectivity index (χ1n) is 7.59. The van der Waals surface area contributed by atoms with Gasteiger partial charge in [-0.2, -0.15) is 0 Å². The molecule has 1 rings (SSSR count). The summed E-state index contributed by atoms with van der Waals surface area (Å²) in [7, 11) is 0. The number of benzene rings is 1. The highest BCUT2D eigenvalue weighted by molar-refractivity contribution is 9.10. The highest BCUT2D eigenvalue weighted by Crippen LogP contribution is 2.26. The summed E-state index contributed by atoms with van der Waals surface area (Å²) in [5.41, 5.74) is 0.0625. The average molecular weight is 406 g/mol. The second kappa shape index (κ2) is 7.86. The Labute approximate surface area is 152 Å². The molecule has 4 nitrogen and oxygen atoms in total. The third-order valence-corrected chi connectivity index (χ3v) is 3.94. The number of carbonyl (C=O) groups excluding carboxylic acids is 1. The molecule has 0 aromatic heterocycles. The van der Waals surface area contributed by atoms with Crippen LogP contribution >= 0.6 is 27.5 Å². The molecule has 1 atom stereocenters. The van der Waals surface area contributed by atoms with Gasteiger partial charge in [-0.1, -0.05) is 33.6 Å². The van der Waals surface area contributed by atoms with Crippen molar-refractivity contribution in [3.8, 4) is 0 Å². The molecule has 1 aromatic rings. The van der Waals surface area contributed by atoms with E-state index in [0.717, 1.165) is 10.0 Å².